The number of hydrogen-bond acceptors (Lipinski definition) is 3. The van der Waals surface area contributed by atoms with E-state index >= 15 is 0 Å². The fourth-order valence-corrected chi connectivity index (χ4v) is 2.15. The van der Waals surface area contributed by atoms with Gasteiger partial charge in [-0.3, -0.25) is 9.48 Å². The minimum Gasteiger partial charge on any atom is -0.480 e. The van der Waals surface area contributed by atoms with Crippen LogP contribution in [0.3, 0.4) is 0 Å². The highest BCUT2D eigenvalue weighted by Crippen LogP contribution is 2.18. The second-order valence-electron chi connectivity index (χ2n) is 5.75. The van der Waals surface area contributed by atoms with Crippen molar-refractivity contribution in [2.24, 2.45) is 0 Å². The van der Waals surface area contributed by atoms with E-state index in [1.807, 2.05) is 18.2 Å². The zero-order valence-electron chi connectivity index (χ0n) is 13.2. The first kappa shape index (κ1) is 17.0. The number of carboxylic acid groups (broad SMARTS) is 1. The van der Waals surface area contributed by atoms with Crippen molar-refractivity contribution < 1.29 is 14.7 Å². The van der Waals surface area contributed by atoms with Crippen molar-refractivity contribution in [1.29, 1.82) is 0 Å². The maximum absolute atomic E-state index is 12.4. The summed E-state index contributed by atoms with van der Waals surface area (Å²) in [6, 6.07) is 7.38. The molecule has 0 aliphatic heterocycles. The summed E-state index contributed by atoms with van der Waals surface area (Å²) < 4.78 is 1.59. The van der Waals surface area contributed by atoms with Crippen molar-refractivity contribution in [3.05, 3.63) is 52.8 Å². The van der Waals surface area contributed by atoms with Crippen LogP contribution < -0.4 is 0 Å². The summed E-state index contributed by atoms with van der Waals surface area (Å²) in [7, 11) is 1.46. The average molecular weight is 336 g/mol. The summed E-state index contributed by atoms with van der Waals surface area (Å²) in [4.78, 5) is 24.9. The fraction of sp³-hybridized carbons (Fsp3) is 0.312. The number of hydrogen-bond donors (Lipinski definition) is 1. The number of halogens is 1. The molecule has 0 atom stereocenters. The Morgan fingerprint density at radius 1 is 1.35 bits per heavy atom. The number of aromatic nitrogens is 2. The zero-order chi connectivity index (χ0) is 17.2. The number of amides is 1. The molecule has 122 valence electrons. The largest absolute Gasteiger partial charge is 0.480 e. The number of benzene rings is 1. The fourth-order valence-electron chi connectivity index (χ4n) is 1.95. The van der Waals surface area contributed by atoms with Gasteiger partial charge in [0, 0.05) is 18.3 Å². The molecular weight excluding hydrogens is 318 g/mol. The van der Waals surface area contributed by atoms with Crippen LogP contribution >= 0.6 is 11.6 Å². The van der Waals surface area contributed by atoms with Crippen LogP contribution in [0.2, 0.25) is 5.02 Å². The second-order valence-corrected chi connectivity index (χ2v) is 6.15. The lowest BCUT2D eigenvalue weighted by molar-refractivity contribution is -0.147. The van der Waals surface area contributed by atoms with Crippen molar-refractivity contribution in [3.63, 3.8) is 0 Å². The summed E-state index contributed by atoms with van der Waals surface area (Å²) >= 11 is 6.11. The van der Waals surface area contributed by atoms with E-state index in [1.54, 1.807) is 16.9 Å². The number of aliphatic carboxylic acids is 1. The molecule has 0 saturated heterocycles. The second kappa shape index (κ2) is 6.42. The van der Waals surface area contributed by atoms with Crippen LogP contribution in [0.1, 0.15) is 29.8 Å². The Hall–Kier alpha value is -2.34. The molecule has 2 aromatic rings. The summed E-state index contributed by atoms with van der Waals surface area (Å²) in [5.41, 5.74) is -0.0913. The van der Waals surface area contributed by atoms with E-state index in [2.05, 4.69) is 5.10 Å². The molecule has 0 saturated carbocycles. The molecule has 0 aliphatic rings. The first-order valence-electron chi connectivity index (χ1n) is 7.01. The van der Waals surface area contributed by atoms with E-state index in [4.69, 9.17) is 11.6 Å². The molecule has 1 N–H and O–H groups in total. The van der Waals surface area contributed by atoms with Gasteiger partial charge in [0.15, 0.2) is 0 Å². The number of carboxylic acids is 1. The average Bonchev–Trinajstić information content (AvgIpc) is 2.96. The maximum Gasteiger partial charge on any atom is 0.329 e. The smallest absolute Gasteiger partial charge is 0.329 e. The number of carbonyl (C=O) groups excluding carboxylic acids is 1. The molecular formula is C16H18ClN3O3. The van der Waals surface area contributed by atoms with Crippen LogP contribution in [0.25, 0.3) is 0 Å². The van der Waals surface area contributed by atoms with Gasteiger partial charge in [0.25, 0.3) is 5.91 Å². The quantitative estimate of drug-likeness (QED) is 0.911. The molecule has 7 heteroatoms. The molecule has 0 spiro atoms. The maximum atomic E-state index is 12.4. The van der Waals surface area contributed by atoms with Gasteiger partial charge in [-0.15, -0.1) is 0 Å². The summed E-state index contributed by atoms with van der Waals surface area (Å²) in [5.74, 6) is -1.47. The van der Waals surface area contributed by atoms with E-state index in [0.29, 0.717) is 17.1 Å². The summed E-state index contributed by atoms with van der Waals surface area (Å²) in [6.45, 7) is 3.38. The van der Waals surface area contributed by atoms with E-state index in [-0.39, 0.29) is 0 Å². The van der Waals surface area contributed by atoms with Gasteiger partial charge < -0.3 is 10.0 Å². The molecule has 6 nitrogen and oxygen atoms in total. The Balaban J connectivity index is 2.17. The summed E-state index contributed by atoms with van der Waals surface area (Å²) in [5, 5.41) is 14.0. The van der Waals surface area contributed by atoms with Crippen molar-refractivity contribution in [3.8, 4) is 0 Å². The molecule has 1 heterocycles. The standard InChI is InChI=1S/C16H18ClN3O3/c1-16(2,15(22)23)19(3)14(21)12-8-18-20(10-12)9-11-6-4-5-7-13(11)17/h4-8,10H,9H2,1-3H3,(H,22,23). The van der Waals surface area contributed by atoms with Gasteiger partial charge in [-0.25, -0.2) is 4.79 Å². The topological polar surface area (TPSA) is 75.4 Å². The van der Waals surface area contributed by atoms with Crippen LogP contribution in [0.15, 0.2) is 36.7 Å². The zero-order valence-corrected chi connectivity index (χ0v) is 13.9. The predicted octanol–water partition coefficient (Wildman–Crippen LogP) is 2.52. The van der Waals surface area contributed by atoms with Gasteiger partial charge >= 0.3 is 5.97 Å². The molecule has 0 fully saturated rings. The van der Waals surface area contributed by atoms with Gasteiger partial charge in [0.05, 0.1) is 18.3 Å². The lowest BCUT2D eigenvalue weighted by Crippen LogP contribution is -2.50. The van der Waals surface area contributed by atoms with Crippen LogP contribution in [0.5, 0.6) is 0 Å². The van der Waals surface area contributed by atoms with E-state index < -0.39 is 17.4 Å². The van der Waals surface area contributed by atoms with Crippen LogP contribution in [-0.2, 0) is 11.3 Å². The third-order valence-electron chi connectivity index (χ3n) is 3.84. The third-order valence-corrected chi connectivity index (χ3v) is 4.21. The molecule has 1 aromatic carbocycles. The van der Waals surface area contributed by atoms with Crippen LogP contribution in [0, 0.1) is 0 Å². The van der Waals surface area contributed by atoms with E-state index in [1.165, 1.54) is 32.0 Å². The molecule has 0 bridgehead atoms. The molecule has 23 heavy (non-hydrogen) atoms. The molecule has 0 radical (unpaired) electrons. The van der Waals surface area contributed by atoms with Gasteiger partial charge in [0.1, 0.15) is 5.54 Å². The highest BCUT2D eigenvalue weighted by Gasteiger charge is 2.35. The van der Waals surface area contributed by atoms with E-state index in [0.717, 1.165) is 5.56 Å². The van der Waals surface area contributed by atoms with Crippen LogP contribution in [0.4, 0.5) is 0 Å². The first-order valence-corrected chi connectivity index (χ1v) is 7.38. The lowest BCUT2D eigenvalue weighted by Gasteiger charge is -2.31. The number of likely N-dealkylation sites (N-methyl/N-ethyl adjacent to an activating group) is 1. The van der Waals surface area contributed by atoms with Gasteiger partial charge in [-0.05, 0) is 25.5 Å². The molecule has 0 unspecified atom stereocenters. The number of rotatable bonds is 5. The van der Waals surface area contributed by atoms with Crippen molar-refractivity contribution >= 4 is 23.5 Å². The molecule has 0 aliphatic carbocycles. The Bertz CT molecular complexity index is 740. The predicted molar refractivity (Wildman–Crippen MR) is 86.6 cm³/mol. The lowest BCUT2D eigenvalue weighted by atomic mass is 10.0. The number of nitrogens with zero attached hydrogens (tertiary/aromatic N) is 3. The van der Waals surface area contributed by atoms with Gasteiger partial charge in [-0.1, -0.05) is 29.8 Å². The minimum atomic E-state index is -1.30. The molecule has 1 aromatic heterocycles. The highest BCUT2D eigenvalue weighted by molar-refractivity contribution is 6.31. The monoisotopic (exact) mass is 335 g/mol. The Morgan fingerprint density at radius 2 is 2.00 bits per heavy atom. The third kappa shape index (κ3) is 3.53. The Morgan fingerprint density at radius 3 is 2.61 bits per heavy atom. The SMILES string of the molecule is CN(C(=O)c1cnn(Cc2ccccc2Cl)c1)C(C)(C)C(=O)O. The van der Waals surface area contributed by atoms with Crippen molar-refractivity contribution in [2.75, 3.05) is 7.05 Å². The van der Waals surface area contributed by atoms with Crippen LogP contribution in [-0.4, -0.2) is 44.3 Å². The Labute approximate surface area is 139 Å². The normalized spacial score (nSPS) is 11.3. The minimum absolute atomic E-state index is 0.328. The van der Waals surface area contributed by atoms with E-state index in [9.17, 15) is 14.7 Å². The highest BCUT2D eigenvalue weighted by atomic mass is 35.5. The van der Waals surface area contributed by atoms with Crippen molar-refractivity contribution in [2.45, 2.75) is 25.9 Å². The first-order chi connectivity index (χ1) is 10.7. The number of carbonyl (C=O) groups is 2. The van der Waals surface area contributed by atoms with Crippen molar-refractivity contribution in [1.82, 2.24) is 14.7 Å². The van der Waals surface area contributed by atoms with Gasteiger partial charge in [0.2, 0.25) is 0 Å². The molecule has 2 rings (SSSR count). The van der Waals surface area contributed by atoms with Gasteiger partial charge in [-0.2, -0.15) is 5.10 Å². The summed E-state index contributed by atoms with van der Waals surface area (Å²) in [6.07, 6.45) is 3.01. The molecule has 1 amide bonds. The Kier molecular flexibility index (Phi) is 4.75.